The van der Waals surface area contributed by atoms with E-state index in [0.29, 0.717) is 13.1 Å². The number of thioether (sulfide) groups is 1. The van der Waals surface area contributed by atoms with Crippen LogP contribution < -0.4 is 5.32 Å². The molecule has 0 saturated carbocycles. The fraction of sp³-hybridized carbons (Fsp3) is 0.269. The Balaban J connectivity index is 1.76. The van der Waals surface area contributed by atoms with E-state index < -0.39 is 0 Å². The maximum absolute atomic E-state index is 13.0. The average molecular weight is 429 g/mol. The van der Waals surface area contributed by atoms with Crippen molar-refractivity contribution in [2.24, 2.45) is 0 Å². The number of rotatable bonds is 5. The van der Waals surface area contributed by atoms with E-state index in [9.17, 15) is 9.90 Å². The summed E-state index contributed by atoms with van der Waals surface area (Å²) < 4.78 is 2.27. The van der Waals surface area contributed by atoms with Gasteiger partial charge in [0.15, 0.2) is 0 Å². The maximum Gasteiger partial charge on any atom is 0.252 e. The predicted octanol–water partition coefficient (Wildman–Crippen LogP) is 4.85. The minimum absolute atomic E-state index is 0.0330. The summed E-state index contributed by atoms with van der Waals surface area (Å²) in [6.45, 7) is 3.38. The maximum atomic E-state index is 13.0. The van der Waals surface area contributed by atoms with Crippen molar-refractivity contribution in [1.29, 1.82) is 0 Å². The molecule has 1 amide bonds. The van der Waals surface area contributed by atoms with Gasteiger partial charge >= 0.3 is 0 Å². The first-order chi connectivity index (χ1) is 15.2. The molecule has 2 heterocycles. The Morgan fingerprint density at radius 3 is 2.84 bits per heavy atom. The zero-order chi connectivity index (χ0) is 21.1. The molecular formula is C26H24N2O2S. The number of carbonyl (C=O) groups is 1. The quantitative estimate of drug-likeness (QED) is 0.421. The molecule has 6 rings (SSSR count). The molecule has 0 saturated heterocycles. The molecule has 0 radical (unpaired) electrons. The Bertz CT molecular complexity index is 1390. The molecule has 0 atom stereocenters. The summed E-state index contributed by atoms with van der Waals surface area (Å²) in [4.78, 5) is 13.0. The van der Waals surface area contributed by atoms with Gasteiger partial charge in [0, 0.05) is 47.1 Å². The lowest BCUT2D eigenvalue weighted by molar-refractivity contribution is 0.0966. The third-order valence-electron chi connectivity index (χ3n) is 6.67. The van der Waals surface area contributed by atoms with Crippen LogP contribution in [0, 0.1) is 0 Å². The molecule has 0 unspecified atom stereocenters. The van der Waals surface area contributed by atoms with Crippen LogP contribution in [0.3, 0.4) is 0 Å². The van der Waals surface area contributed by atoms with Gasteiger partial charge < -0.3 is 15.0 Å². The van der Waals surface area contributed by atoms with Gasteiger partial charge in [0.25, 0.3) is 5.91 Å². The Morgan fingerprint density at radius 2 is 2.00 bits per heavy atom. The van der Waals surface area contributed by atoms with Crippen LogP contribution in [0.5, 0.6) is 0 Å². The average Bonchev–Trinajstić information content (AvgIpc) is 3.44. The smallest absolute Gasteiger partial charge is 0.252 e. The van der Waals surface area contributed by atoms with Crippen LogP contribution >= 0.6 is 11.8 Å². The van der Waals surface area contributed by atoms with Crippen molar-refractivity contribution in [1.82, 2.24) is 9.88 Å². The van der Waals surface area contributed by atoms with Crippen molar-refractivity contribution in [2.45, 2.75) is 32.2 Å². The number of fused-ring (bicyclic) bond motifs is 10. The van der Waals surface area contributed by atoms with Gasteiger partial charge in [-0.3, -0.25) is 4.79 Å². The number of nitrogens with zero attached hydrogens (tertiary/aromatic N) is 1. The van der Waals surface area contributed by atoms with Crippen LogP contribution in [-0.4, -0.2) is 27.9 Å². The van der Waals surface area contributed by atoms with Crippen LogP contribution in [0.25, 0.3) is 32.9 Å². The number of hydrogen-bond acceptors (Lipinski definition) is 3. The van der Waals surface area contributed by atoms with E-state index in [0.717, 1.165) is 40.1 Å². The first-order valence-electron chi connectivity index (χ1n) is 10.9. The number of amides is 1. The first kappa shape index (κ1) is 19.0. The van der Waals surface area contributed by atoms with Crippen LogP contribution in [0.1, 0.15) is 39.5 Å². The molecular weight excluding hydrogens is 404 g/mol. The highest BCUT2D eigenvalue weighted by Gasteiger charge is 2.35. The standard InChI is InChI=1S/C26H24N2O2S/c1-2-31-14-15-7-8-21-18(11-15)23-20-13-27-26(30)24(20)22-17-6-4-3-5-16(17)12-19(22)25(23)28(21)9-10-29/h3-8,11,29H,2,9-10,12-14H2,1H3,(H,27,30). The second kappa shape index (κ2) is 7.14. The molecule has 31 heavy (non-hydrogen) atoms. The third-order valence-corrected chi connectivity index (χ3v) is 7.62. The predicted molar refractivity (Wildman–Crippen MR) is 128 cm³/mol. The lowest BCUT2D eigenvalue weighted by Crippen LogP contribution is -2.13. The van der Waals surface area contributed by atoms with Gasteiger partial charge in [-0.25, -0.2) is 0 Å². The zero-order valence-electron chi connectivity index (χ0n) is 17.5. The molecule has 5 heteroatoms. The van der Waals surface area contributed by atoms with Gasteiger partial charge in [0.1, 0.15) is 0 Å². The number of aliphatic hydroxyl groups excluding tert-OH is 1. The molecule has 2 N–H and O–H groups in total. The molecule has 4 nitrogen and oxygen atoms in total. The van der Waals surface area contributed by atoms with E-state index in [2.05, 4.69) is 59.3 Å². The highest BCUT2D eigenvalue weighted by atomic mass is 32.2. The molecule has 0 bridgehead atoms. The summed E-state index contributed by atoms with van der Waals surface area (Å²) in [5.41, 5.74) is 10.4. The lowest BCUT2D eigenvalue weighted by atomic mass is 9.92. The molecule has 0 fully saturated rings. The molecule has 1 aliphatic heterocycles. The SMILES string of the molecule is CCSCc1ccc2c(c1)c1c3c(c4c(c1n2CCO)Cc1ccccc1-4)C(=O)NC3. The van der Waals surface area contributed by atoms with Gasteiger partial charge in [-0.1, -0.05) is 37.3 Å². The van der Waals surface area contributed by atoms with E-state index in [1.54, 1.807) is 0 Å². The van der Waals surface area contributed by atoms with Crippen LogP contribution in [0.2, 0.25) is 0 Å². The largest absolute Gasteiger partial charge is 0.395 e. The van der Waals surface area contributed by atoms with Crippen LogP contribution in [0.4, 0.5) is 0 Å². The summed E-state index contributed by atoms with van der Waals surface area (Å²) in [6.07, 6.45) is 0.822. The Morgan fingerprint density at radius 1 is 1.13 bits per heavy atom. The minimum atomic E-state index is 0.0330. The van der Waals surface area contributed by atoms with Crippen molar-refractivity contribution in [3.05, 3.63) is 70.3 Å². The number of aliphatic hydroxyl groups is 1. The number of benzene rings is 3. The molecule has 1 aromatic heterocycles. The van der Waals surface area contributed by atoms with E-state index in [1.165, 1.54) is 38.5 Å². The Hall–Kier alpha value is -2.76. The molecule has 2 aliphatic rings. The fourth-order valence-electron chi connectivity index (χ4n) is 5.47. The van der Waals surface area contributed by atoms with Crippen molar-refractivity contribution >= 4 is 39.5 Å². The summed E-state index contributed by atoms with van der Waals surface area (Å²) in [6, 6.07) is 15.1. The Kier molecular flexibility index (Phi) is 4.37. The number of nitrogens with one attached hydrogen (secondary N) is 1. The lowest BCUT2D eigenvalue weighted by Gasteiger charge is -2.13. The van der Waals surface area contributed by atoms with Gasteiger partial charge in [-0.05, 0) is 45.7 Å². The van der Waals surface area contributed by atoms with E-state index in [1.807, 2.05) is 11.8 Å². The molecule has 4 aromatic rings. The van der Waals surface area contributed by atoms with Crippen molar-refractivity contribution < 1.29 is 9.90 Å². The molecule has 3 aromatic carbocycles. The van der Waals surface area contributed by atoms with Crippen LogP contribution in [0.15, 0.2) is 42.5 Å². The highest BCUT2D eigenvalue weighted by molar-refractivity contribution is 7.98. The summed E-state index contributed by atoms with van der Waals surface area (Å²) in [5, 5.41) is 15.4. The molecule has 0 spiro atoms. The van der Waals surface area contributed by atoms with Crippen LogP contribution in [-0.2, 0) is 25.3 Å². The highest BCUT2D eigenvalue weighted by Crippen LogP contribution is 2.48. The van der Waals surface area contributed by atoms with Crippen molar-refractivity contribution in [3.8, 4) is 11.1 Å². The van der Waals surface area contributed by atoms with Crippen molar-refractivity contribution in [3.63, 3.8) is 0 Å². The zero-order valence-corrected chi connectivity index (χ0v) is 18.3. The molecule has 156 valence electrons. The summed E-state index contributed by atoms with van der Waals surface area (Å²) in [7, 11) is 0. The van der Waals surface area contributed by atoms with Gasteiger partial charge in [0.2, 0.25) is 0 Å². The van der Waals surface area contributed by atoms with E-state index in [-0.39, 0.29) is 12.5 Å². The first-order valence-corrected chi connectivity index (χ1v) is 12.1. The second-order valence-corrected chi connectivity index (χ2v) is 9.59. The molecule has 1 aliphatic carbocycles. The minimum Gasteiger partial charge on any atom is -0.395 e. The normalized spacial score (nSPS) is 14.2. The second-order valence-electron chi connectivity index (χ2n) is 8.31. The summed E-state index contributed by atoms with van der Waals surface area (Å²) >= 11 is 1.92. The van der Waals surface area contributed by atoms with E-state index in [4.69, 9.17) is 0 Å². The Labute approximate surface area is 185 Å². The third kappa shape index (κ3) is 2.63. The fourth-order valence-corrected chi connectivity index (χ4v) is 6.09. The van der Waals surface area contributed by atoms with Gasteiger partial charge in [0.05, 0.1) is 17.7 Å². The number of carbonyl (C=O) groups excluding carboxylic acids is 1. The van der Waals surface area contributed by atoms with Gasteiger partial charge in [-0.2, -0.15) is 11.8 Å². The summed E-state index contributed by atoms with van der Waals surface area (Å²) in [5.74, 6) is 2.10. The monoisotopic (exact) mass is 428 g/mol. The number of aromatic nitrogens is 1. The topological polar surface area (TPSA) is 54.3 Å². The van der Waals surface area contributed by atoms with E-state index >= 15 is 0 Å². The van der Waals surface area contributed by atoms with Gasteiger partial charge in [-0.15, -0.1) is 0 Å². The van der Waals surface area contributed by atoms with Crippen molar-refractivity contribution in [2.75, 3.05) is 12.4 Å². The number of hydrogen-bond donors (Lipinski definition) is 2.